The molecule has 3 N–H and O–H groups in total. The lowest BCUT2D eigenvalue weighted by atomic mass is 9.98. The van der Waals surface area contributed by atoms with Crippen molar-refractivity contribution in [3.63, 3.8) is 0 Å². The molecule has 3 aromatic rings. The smallest absolute Gasteiger partial charge is 0.338 e. The van der Waals surface area contributed by atoms with Gasteiger partial charge in [0.15, 0.2) is 12.4 Å². The van der Waals surface area contributed by atoms with Crippen molar-refractivity contribution in [1.29, 1.82) is 0 Å². The van der Waals surface area contributed by atoms with Crippen molar-refractivity contribution in [2.24, 2.45) is 5.73 Å². The summed E-state index contributed by atoms with van der Waals surface area (Å²) in [5.74, 6) is -0.578. The van der Waals surface area contributed by atoms with Crippen LogP contribution in [0, 0.1) is 0 Å². The van der Waals surface area contributed by atoms with Crippen molar-refractivity contribution in [3.05, 3.63) is 108 Å². The zero-order chi connectivity index (χ0) is 28.0. The van der Waals surface area contributed by atoms with Crippen LogP contribution in [0.5, 0.6) is 0 Å². The summed E-state index contributed by atoms with van der Waals surface area (Å²) in [5.41, 5.74) is 7.94. The second kappa shape index (κ2) is 16.2. The van der Waals surface area contributed by atoms with Gasteiger partial charge in [0.05, 0.1) is 25.4 Å². The van der Waals surface area contributed by atoms with Crippen LogP contribution in [-0.4, -0.2) is 61.5 Å². The van der Waals surface area contributed by atoms with Crippen molar-refractivity contribution >= 4 is 5.97 Å². The SMILES string of the molecule is NCCCCCOC1OC(COCc2ccccc2)C(OCc2ccccc2)C(O)C1OC(=O)c1ccccc1. The first-order valence-electron chi connectivity index (χ1n) is 13.8. The van der Waals surface area contributed by atoms with Crippen LogP contribution >= 0.6 is 0 Å². The van der Waals surface area contributed by atoms with Gasteiger partial charge in [0.2, 0.25) is 0 Å². The molecule has 0 amide bonds. The molecule has 1 aliphatic rings. The predicted octanol–water partition coefficient (Wildman–Crippen LogP) is 4.25. The summed E-state index contributed by atoms with van der Waals surface area (Å²) in [6.45, 7) is 1.74. The Hall–Kier alpha value is -3.11. The van der Waals surface area contributed by atoms with Crippen LogP contribution in [0.2, 0.25) is 0 Å². The van der Waals surface area contributed by atoms with Crippen molar-refractivity contribution in [2.75, 3.05) is 19.8 Å². The van der Waals surface area contributed by atoms with Crippen LogP contribution in [0.1, 0.15) is 40.7 Å². The van der Waals surface area contributed by atoms with Crippen molar-refractivity contribution in [3.8, 4) is 0 Å². The molecule has 5 unspecified atom stereocenters. The first kappa shape index (κ1) is 29.9. The van der Waals surface area contributed by atoms with E-state index in [-0.39, 0.29) is 13.2 Å². The molecule has 8 nitrogen and oxygen atoms in total. The van der Waals surface area contributed by atoms with Crippen molar-refractivity contribution in [1.82, 2.24) is 0 Å². The maximum Gasteiger partial charge on any atom is 0.338 e. The van der Waals surface area contributed by atoms with Gasteiger partial charge in [-0.1, -0.05) is 78.9 Å². The van der Waals surface area contributed by atoms with E-state index in [4.69, 9.17) is 29.4 Å². The Balaban J connectivity index is 1.50. The van der Waals surface area contributed by atoms with E-state index in [0.29, 0.717) is 25.3 Å². The third-order valence-corrected chi connectivity index (χ3v) is 6.68. The molecule has 0 bridgehead atoms. The third-order valence-electron chi connectivity index (χ3n) is 6.68. The maximum atomic E-state index is 13.0. The van der Waals surface area contributed by atoms with Gasteiger partial charge in [0.25, 0.3) is 0 Å². The van der Waals surface area contributed by atoms with Gasteiger partial charge < -0.3 is 34.5 Å². The molecule has 1 saturated heterocycles. The second-order valence-electron chi connectivity index (χ2n) is 9.75. The van der Waals surface area contributed by atoms with Crippen molar-refractivity contribution in [2.45, 2.75) is 63.2 Å². The summed E-state index contributed by atoms with van der Waals surface area (Å²) in [7, 11) is 0. The molecule has 1 fully saturated rings. The number of nitrogens with two attached hydrogens (primary N) is 1. The van der Waals surface area contributed by atoms with Crippen LogP contribution in [0.3, 0.4) is 0 Å². The van der Waals surface area contributed by atoms with E-state index in [9.17, 15) is 9.90 Å². The molecule has 0 aromatic heterocycles. The molecule has 0 radical (unpaired) electrons. The van der Waals surface area contributed by atoms with Crippen LogP contribution in [0.25, 0.3) is 0 Å². The highest BCUT2D eigenvalue weighted by Gasteiger charge is 2.49. The Morgan fingerprint density at radius 1 is 0.775 bits per heavy atom. The third kappa shape index (κ3) is 8.96. The Morgan fingerprint density at radius 2 is 1.40 bits per heavy atom. The van der Waals surface area contributed by atoms with Gasteiger partial charge in [-0.15, -0.1) is 0 Å². The van der Waals surface area contributed by atoms with Crippen LogP contribution in [0.4, 0.5) is 0 Å². The number of esters is 1. The number of aliphatic hydroxyl groups excluding tert-OH is 1. The topological polar surface area (TPSA) is 109 Å². The summed E-state index contributed by atoms with van der Waals surface area (Å²) in [6, 6.07) is 28.1. The molecule has 8 heteroatoms. The Kier molecular flexibility index (Phi) is 12.1. The molecule has 0 spiro atoms. The number of benzene rings is 3. The second-order valence-corrected chi connectivity index (χ2v) is 9.75. The number of carbonyl (C=O) groups is 1. The molecule has 1 aliphatic heterocycles. The molecule has 0 aliphatic carbocycles. The predicted molar refractivity (Wildman–Crippen MR) is 150 cm³/mol. The highest BCUT2D eigenvalue weighted by molar-refractivity contribution is 5.89. The zero-order valence-electron chi connectivity index (χ0n) is 22.7. The number of unbranched alkanes of at least 4 members (excludes halogenated alkanes) is 2. The summed E-state index contributed by atoms with van der Waals surface area (Å²) in [4.78, 5) is 13.0. The highest BCUT2D eigenvalue weighted by Crippen LogP contribution is 2.29. The van der Waals surface area contributed by atoms with Gasteiger partial charge in [-0.25, -0.2) is 4.79 Å². The minimum atomic E-state index is -1.22. The van der Waals surface area contributed by atoms with Gasteiger partial charge in [0.1, 0.15) is 18.3 Å². The molecule has 3 aromatic carbocycles. The van der Waals surface area contributed by atoms with E-state index in [1.165, 1.54) is 0 Å². The molecule has 40 heavy (non-hydrogen) atoms. The summed E-state index contributed by atoms with van der Waals surface area (Å²) >= 11 is 0. The van der Waals surface area contributed by atoms with Crippen LogP contribution in [0.15, 0.2) is 91.0 Å². The van der Waals surface area contributed by atoms with Crippen molar-refractivity contribution < 1.29 is 33.6 Å². The fourth-order valence-electron chi connectivity index (χ4n) is 4.52. The molecule has 5 atom stereocenters. The molecular formula is C32H39NO7. The lowest BCUT2D eigenvalue weighted by Crippen LogP contribution is -2.61. The van der Waals surface area contributed by atoms with E-state index in [1.807, 2.05) is 66.7 Å². The van der Waals surface area contributed by atoms with Crippen LogP contribution < -0.4 is 5.73 Å². The van der Waals surface area contributed by atoms with Gasteiger partial charge in [-0.05, 0) is 49.1 Å². The maximum absolute atomic E-state index is 13.0. The largest absolute Gasteiger partial charge is 0.450 e. The zero-order valence-corrected chi connectivity index (χ0v) is 22.7. The molecule has 1 heterocycles. The van der Waals surface area contributed by atoms with E-state index in [2.05, 4.69) is 0 Å². The Morgan fingerprint density at radius 3 is 2.05 bits per heavy atom. The highest BCUT2D eigenvalue weighted by atomic mass is 16.7. The average Bonchev–Trinajstić information content (AvgIpc) is 3.00. The lowest BCUT2D eigenvalue weighted by Gasteiger charge is -2.43. The Labute approximate surface area is 236 Å². The number of aliphatic hydroxyl groups is 1. The molecule has 0 saturated carbocycles. The fraction of sp³-hybridized carbons (Fsp3) is 0.406. The molecule has 4 rings (SSSR count). The fourth-order valence-corrected chi connectivity index (χ4v) is 4.52. The summed E-state index contributed by atoms with van der Waals surface area (Å²) < 4.78 is 30.4. The van der Waals surface area contributed by atoms with Gasteiger partial charge in [-0.3, -0.25) is 0 Å². The van der Waals surface area contributed by atoms with E-state index >= 15 is 0 Å². The molecule has 214 valence electrons. The lowest BCUT2D eigenvalue weighted by molar-refractivity contribution is -0.310. The number of rotatable bonds is 15. The van der Waals surface area contributed by atoms with Gasteiger partial charge >= 0.3 is 5.97 Å². The average molecular weight is 550 g/mol. The minimum absolute atomic E-state index is 0.151. The first-order valence-corrected chi connectivity index (χ1v) is 13.8. The Bertz CT molecular complexity index is 1120. The monoisotopic (exact) mass is 549 g/mol. The minimum Gasteiger partial charge on any atom is -0.450 e. The van der Waals surface area contributed by atoms with E-state index in [1.54, 1.807) is 24.3 Å². The number of hydrogen-bond donors (Lipinski definition) is 2. The quantitative estimate of drug-likeness (QED) is 0.214. The number of carbonyl (C=O) groups excluding carboxylic acids is 1. The van der Waals surface area contributed by atoms with Crippen LogP contribution in [-0.2, 0) is 36.9 Å². The number of ether oxygens (including phenoxy) is 5. The summed E-state index contributed by atoms with van der Waals surface area (Å²) in [5, 5.41) is 11.6. The normalized spacial score (nSPS) is 22.6. The van der Waals surface area contributed by atoms with E-state index < -0.39 is 36.7 Å². The number of hydrogen-bond acceptors (Lipinski definition) is 8. The molecular weight excluding hydrogens is 510 g/mol. The first-order chi connectivity index (χ1) is 19.7. The standard InChI is InChI=1S/C32H39NO7/c33-19-11-4-12-20-37-32-30(40-31(35)26-17-9-3-10-18-26)28(34)29(38-22-25-15-7-2-8-16-25)27(39-32)23-36-21-24-13-5-1-6-14-24/h1-3,5-10,13-18,27-30,32,34H,4,11-12,19-23,33H2. The van der Waals surface area contributed by atoms with Gasteiger partial charge in [-0.2, -0.15) is 0 Å². The summed E-state index contributed by atoms with van der Waals surface area (Å²) in [6.07, 6.45) is -2.28. The van der Waals surface area contributed by atoms with E-state index in [0.717, 1.165) is 30.4 Å². The van der Waals surface area contributed by atoms with Gasteiger partial charge in [0, 0.05) is 6.61 Å².